The van der Waals surface area contributed by atoms with Crippen molar-refractivity contribution in [1.82, 2.24) is 0 Å². The van der Waals surface area contributed by atoms with Crippen molar-refractivity contribution in [2.75, 3.05) is 7.11 Å². The lowest BCUT2D eigenvalue weighted by Gasteiger charge is -2.56. The molecule has 2 fully saturated rings. The number of rotatable bonds is 2. The van der Waals surface area contributed by atoms with Gasteiger partial charge in [-0.05, 0) is 75.5 Å². The molecule has 0 unspecified atom stereocenters. The third-order valence-corrected chi connectivity index (χ3v) is 7.71. The third kappa shape index (κ3) is 2.23. The number of hydrogen-bond donors (Lipinski definition) is 0. The first-order chi connectivity index (χ1) is 10.3. The van der Waals surface area contributed by atoms with Crippen LogP contribution in [0.2, 0.25) is 0 Å². The molecule has 0 aromatic rings. The van der Waals surface area contributed by atoms with E-state index < -0.39 is 0 Å². The number of hydrogen-bond acceptors (Lipinski definition) is 1. The molecule has 22 heavy (non-hydrogen) atoms. The van der Waals surface area contributed by atoms with Gasteiger partial charge in [0.2, 0.25) is 0 Å². The largest absolute Gasteiger partial charge is 0.377 e. The van der Waals surface area contributed by atoms with Crippen LogP contribution in [-0.2, 0) is 4.74 Å². The Labute approximate surface area is 137 Å². The van der Waals surface area contributed by atoms with Crippen LogP contribution in [0.25, 0.3) is 0 Å². The molecular formula is C21H34O. The predicted octanol–water partition coefficient (Wildman–Crippen LogP) is 5.77. The summed E-state index contributed by atoms with van der Waals surface area (Å²) in [6.07, 6.45) is 10.7. The highest BCUT2D eigenvalue weighted by molar-refractivity contribution is 5.19. The lowest BCUT2D eigenvalue weighted by molar-refractivity contribution is -0.108. The van der Waals surface area contributed by atoms with Crippen LogP contribution in [0.1, 0.15) is 66.2 Å². The molecular weight excluding hydrogens is 268 g/mol. The lowest BCUT2D eigenvalue weighted by atomic mass is 9.49. The van der Waals surface area contributed by atoms with Crippen molar-refractivity contribution in [2.24, 2.45) is 28.6 Å². The second kappa shape index (κ2) is 5.51. The van der Waals surface area contributed by atoms with Crippen LogP contribution in [0.3, 0.4) is 0 Å². The SMILES string of the molecule is C=C(C)[C@@H]1CC[C@@]2(C)[C@@H]3CCC(C)=C[C@@H](OC)[C@@]3(C)CC[C@H]12. The molecule has 1 heteroatoms. The molecule has 0 aromatic carbocycles. The van der Waals surface area contributed by atoms with E-state index in [-0.39, 0.29) is 0 Å². The van der Waals surface area contributed by atoms with Gasteiger partial charge in [0, 0.05) is 12.5 Å². The molecule has 0 spiro atoms. The summed E-state index contributed by atoms with van der Waals surface area (Å²) in [6, 6.07) is 0. The van der Waals surface area contributed by atoms with E-state index in [2.05, 4.69) is 40.3 Å². The fourth-order valence-electron chi connectivity index (χ4n) is 6.50. The van der Waals surface area contributed by atoms with E-state index in [9.17, 15) is 0 Å². The Morgan fingerprint density at radius 1 is 1.18 bits per heavy atom. The molecule has 3 aliphatic carbocycles. The van der Waals surface area contributed by atoms with Gasteiger partial charge in [-0.25, -0.2) is 0 Å². The first-order valence-electron chi connectivity index (χ1n) is 9.18. The van der Waals surface area contributed by atoms with Crippen molar-refractivity contribution < 1.29 is 4.74 Å². The van der Waals surface area contributed by atoms with Crippen molar-refractivity contribution in [3.8, 4) is 0 Å². The highest BCUT2D eigenvalue weighted by Crippen LogP contribution is 2.66. The van der Waals surface area contributed by atoms with Gasteiger partial charge in [0.1, 0.15) is 0 Å². The number of ether oxygens (including phenoxy) is 1. The monoisotopic (exact) mass is 302 g/mol. The number of fused-ring (bicyclic) bond motifs is 3. The number of allylic oxidation sites excluding steroid dienone is 2. The van der Waals surface area contributed by atoms with Gasteiger partial charge in [0.15, 0.2) is 0 Å². The fourth-order valence-corrected chi connectivity index (χ4v) is 6.50. The summed E-state index contributed by atoms with van der Waals surface area (Å²) in [5.41, 5.74) is 3.73. The van der Waals surface area contributed by atoms with Gasteiger partial charge in [-0.3, -0.25) is 0 Å². The van der Waals surface area contributed by atoms with Crippen LogP contribution in [0.4, 0.5) is 0 Å². The minimum atomic E-state index is 0.293. The predicted molar refractivity (Wildman–Crippen MR) is 93.8 cm³/mol. The quantitative estimate of drug-likeness (QED) is 0.589. The van der Waals surface area contributed by atoms with E-state index in [1.165, 1.54) is 49.7 Å². The maximum Gasteiger partial charge on any atom is 0.0810 e. The van der Waals surface area contributed by atoms with Gasteiger partial charge in [0.25, 0.3) is 0 Å². The van der Waals surface area contributed by atoms with E-state index in [1.54, 1.807) is 0 Å². The van der Waals surface area contributed by atoms with Crippen molar-refractivity contribution in [3.63, 3.8) is 0 Å². The molecule has 3 rings (SSSR count). The molecule has 0 heterocycles. The maximum absolute atomic E-state index is 5.99. The molecule has 1 nitrogen and oxygen atoms in total. The molecule has 0 radical (unpaired) electrons. The Balaban J connectivity index is 1.98. The van der Waals surface area contributed by atoms with Crippen molar-refractivity contribution in [3.05, 3.63) is 23.8 Å². The standard InChI is InChI=1S/C21H34O/c1-14(2)16-9-11-20(4)17(16)10-12-21(5)18(20)8-7-15(3)13-19(21)22-6/h13,16-19H,1,7-12H2,2-6H3/t16-,17+,18-,19+,20+,21-/m0/s1. The van der Waals surface area contributed by atoms with E-state index in [0.717, 1.165) is 17.8 Å². The molecule has 6 atom stereocenters. The van der Waals surface area contributed by atoms with Gasteiger partial charge in [-0.15, -0.1) is 0 Å². The Kier molecular flexibility index (Phi) is 4.08. The molecule has 0 aromatic heterocycles. The van der Waals surface area contributed by atoms with Crippen LogP contribution in [0.5, 0.6) is 0 Å². The second-order valence-electron chi connectivity index (χ2n) is 8.91. The Hall–Kier alpha value is -0.560. The molecule has 0 bridgehead atoms. The van der Waals surface area contributed by atoms with Gasteiger partial charge in [-0.1, -0.05) is 37.6 Å². The van der Waals surface area contributed by atoms with Crippen LogP contribution in [0.15, 0.2) is 23.8 Å². The summed E-state index contributed by atoms with van der Waals surface area (Å²) in [5.74, 6) is 2.38. The lowest BCUT2D eigenvalue weighted by Crippen LogP contribution is -2.52. The summed E-state index contributed by atoms with van der Waals surface area (Å²) in [4.78, 5) is 0. The zero-order chi connectivity index (χ0) is 16.1. The zero-order valence-corrected chi connectivity index (χ0v) is 15.2. The van der Waals surface area contributed by atoms with Gasteiger partial charge < -0.3 is 4.74 Å². The first-order valence-corrected chi connectivity index (χ1v) is 9.18. The smallest absolute Gasteiger partial charge is 0.0810 e. The average Bonchev–Trinajstić information content (AvgIpc) is 2.74. The molecule has 124 valence electrons. The van der Waals surface area contributed by atoms with E-state index >= 15 is 0 Å². The van der Waals surface area contributed by atoms with Crippen molar-refractivity contribution in [1.29, 1.82) is 0 Å². The Bertz CT molecular complexity index is 490. The van der Waals surface area contributed by atoms with Crippen LogP contribution in [0, 0.1) is 28.6 Å². The summed E-state index contributed by atoms with van der Waals surface area (Å²) < 4.78 is 5.99. The van der Waals surface area contributed by atoms with E-state index in [4.69, 9.17) is 4.74 Å². The molecule has 3 aliphatic rings. The van der Waals surface area contributed by atoms with Crippen LogP contribution < -0.4 is 0 Å². The topological polar surface area (TPSA) is 9.23 Å². The summed E-state index contributed by atoms with van der Waals surface area (Å²) >= 11 is 0. The fraction of sp³-hybridized carbons (Fsp3) is 0.810. The van der Waals surface area contributed by atoms with Crippen LogP contribution in [-0.4, -0.2) is 13.2 Å². The highest BCUT2D eigenvalue weighted by Gasteiger charge is 2.59. The molecule has 0 saturated heterocycles. The molecule has 0 aliphatic heterocycles. The molecule has 0 N–H and O–H groups in total. The van der Waals surface area contributed by atoms with Crippen molar-refractivity contribution >= 4 is 0 Å². The summed E-state index contributed by atoms with van der Waals surface area (Å²) in [7, 11) is 1.90. The third-order valence-electron chi connectivity index (χ3n) is 7.71. The van der Waals surface area contributed by atoms with Gasteiger partial charge in [0.05, 0.1) is 6.10 Å². The normalized spacial score (nSPS) is 48.1. The Morgan fingerprint density at radius 3 is 2.50 bits per heavy atom. The summed E-state index contributed by atoms with van der Waals surface area (Å²) in [5, 5.41) is 0. The van der Waals surface area contributed by atoms with E-state index in [0.29, 0.717) is 16.9 Å². The van der Waals surface area contributed by atoms with Gasteiger partial charge in [-0.2, -0.15) is 0 Å². The molecule has 2 saturated carbocycles. The molecule has 0 amide bonds. The van der Waals surface area contributed by atoms with Gasteiger partial charge >= 0.3 is 0 Å². The maximum atomic E-state index is 5.99. The van der Waals surface area contributed by atoms with Crippen molar-refractivity contribution in [2.45, 2.75) is 72.3 Å². The first kappa shape index (κ1) is 16.3. The van der Waals surface area contributed by atoms with E-state index in [1.807, 2.05) is 7.11 Å². The minimum absolute atomic E-state index is 0.293. The zero-order valence-electron chi connectivity index (χ0n) is 15.2. The average molecular weight is 303 g/mol. The number of methoxy groups -OCH3 is 1. The Morgan fingerprint density at radius 2 is 1.86 bits per heavy atom. The van der Waals surface area contributed by atoms with Crippen LogP contribution >= 0.6 is 0 Å². The minimum Gasteiger partial charge on any atom is -0.377 e. The summed E-state index contributed by atoms with van der Waals surface area (Å²) in [6.45, 7) is 14.0. The second-order valence-corrected chi connectivity index (χ2v) is 8.91. The highest BCUT2D eigenvalue weighted by atomic mass is 16.5.